The zero-order valence-electron chi connectivity index (χ0n) is 18.2. The lowest BCUT2D eigenvalue weighted by Gasteiger charge is -2.29. The molecule has 0 saturated carbocycles. The molecule has 1 aromatic heterocycles. The van der Waals surface area contributed by atoms with E-state index in [1.165, 1.54) is 46.7 Å². The van der Waals surface area contributed by atoms with Gasteiger partial charge in [-0.3, -0.25) is 15.0 Å². The molecular weight excluding hydrogens is 468 g/mol. The number of sulfonamides is 1. The van der Waals surface area contributed by atoms with Gasteiger partial charge in [0.25, 0.3) is 5.91 Å². The number of carbonyl (C=O) groups is 1. The van der Waals surface area contributed by atoms with E-state index in [-0.39, 0.29) is 15.5 Å². The van der Waals surface area contributed by atoms with E-state index < -0.39 is 15.9 Å². The Kier molecular flexibility index (Phi) is 7.51. The van der Waals surface area contributed by atoms with Crippen LogP contribution in [0.25, 0.3) is 0 Å². The van der Waals surface area contributed by atoms with Crippen LogP contribution in [0.15, 0.2) is 28.5 Å². The molecule has 174 valence electrons. The van der Waals surface area contributed by atoms with Gasteiger partial charge in [-0.1, -0.05) is 24.9 Å². The van der Waals surface area contributed by atoms with Crippen molar-refractivity contribution in [2.75, 3.05) is 31.5 Å². The zero-order valence-corrected chi connectivity index (χ0v) is 20.6. The van der Waals surface area contributed by atoms with Gasteiger partial charge in [-0.25, -0.2) is 13.4 Å². The molecule has 1 N–H and O–H groups in total. The van der Waals surface area contributed by atoms with Gasteiger partial charge in [-0.15, -0.1) is 11.3 Å². The fourth-order valence-corrected chi connectivity index (χ4v) is 6.59. The van der Waals surface area contributed by atoms with Crippen LogP contribution in [-0.4, -0.2) is 54.7 Å². The lowest BCUT2D eigenvalue weighted by Crippen LogP contribution is -2.35. The average Bonchev–Trinajstić information content (AvgIpc) is 3.22. The minimum absolute atomic E-state index is 0.0908. The van der Waals surface area contributed by atoms with Gasteiger partial charge in [-0.2, -0.15) is 4.31 Å². The molecule has 10 heteroatoms. The van der Waals surface area contributed by atoms with Gasteiger partial charge in [0, 0.05) is 25.0 Å². The minimum Gasteiger partial charge on any atom is -0.298 e. The van der Waals surface area contributed by atoms with E-state index >= 15 is 0 Å². The van der Waals surface area contributed by atoms with Crippen molar-refractivity contribution >= 4 is 44.0 Å². The van der Waals surface area contributed by atoms with Crippen molar-refractivity contribution in [3.63, 3.8) is 0 Å². The molecule has 2 fully saturated rings. The quantitative estimate of drug-likeness (QED) is 0.638. The highest BCUT2D eigenvalue weighted by molar-refractivity contribution is 7.89. The molecule has 2 aliphatic heterocycles. The molecule has 4 rings (SSSR count). The molecule has 2 aromatic rings. The number of rotatable bonds is 6. The third-order valence-electron chi connectivity index (χ3n) is 6.17. The summed E-state index contributed by atoms with van der Waals surface area (Å²) in [5.41, 5.74) is 1.05. The number of hydrogen-bond donors (Lipinski definition) is 1. The molecule has 0 radical (unpaired) electrons. The molecule has 1 amide bonds. The molecule has 0 unspecified atom stereocenters. The Morgan fingerprint density at radius 1 is 1.19 bits per heavy atom. The number of nitrogens with one attached hydrogen (secondary N) is 1. The summed E-state index contributed by atoms with van der Waals surface area (Å²) in [6, 6.07) is 4.30. The van der Waals surface area contributed by atoms with Crippen LogP contribution in [0.4, 0.5) is 5.13 Å². The number of carbonyl (C=O) groups excluding carboxylic acids is 1. The van der Waals surface area contributed by atoms with E-state index in [0.29, 0.717) is 18.2 Å². The highest BCUT2D eigenvalue weighted by atomic mass is 35.5. The maximum absolute atomic E-state index is 13.0. The third-order valence-corrected chi connectivity index (χ3v) is 9.20. The number of thiazole rings is 1. The molecule has 3 heterocycles. The molecule has 0 spiro atoms. The van der Waals surface area contributed by atoms with E-state index in [9.17, 15) is 13.2 Å². The van der Waals surface area contributed by atoms with Crippen LogP contribution in [0.1, 0.15) is 55.1 Å². The standard InChI is InChI=1S/C22H29ClN4O3S2/c1-16-7-11-26(12-8-16)14-17-15-31-22(24-17)25-21(28)19-13-18(5-6-20(19)23)32(29,30)27-9-3-2-4-10-27/h5-6,13,15-16H,2-4,7-12,14H2,1H3,(H,24,25,28). The Morgan fingerprint density at radius 2 is 1.91 bits per heavy atom. The number of halogens is 1. The monoisotopic (exact) mass is 496 g/mol. The normalized spacial score (nSPS) is 19.2. The number of anilines is 1. The van der Waals surface area contributed by atoms with Crippen molar-refractivity contribution in [3.05, 3.63) is 39.9 Å². The molecule has 2 aliphatic rings. The minimum atomic E-state index is -3.65. The predicted octanol–water partition coefficient (Wildman–Crippen LogP) is 4.46. The molecule has 0 bridgehead atoms. The first kappa shape index (κ1) is 23.6. The third kappa shape index (κ3) is 5.51. The van der Waals surface area contributed by atoms with Crippen LogP contribution in [0.2, 0.25) is 5.02 Å². The number of nitrogens with zero attached hydrogens (tertiary/aromatic N) is 3. The maximum Gasteiger partial charge on any atom is 0.259 e. The van der Waals surface area contributed by atoms with E-state index in [2.05, 4.69) is 22.1 Å². The number of likely N-dealkylation sites (tertiary alicyclic amines) is 1. The topological polar surface area (TPSA) is 82.6 Å². The van der Waals surface area contributed by atoms with E-state index in [4.69, 9.17) is 11.6 Å². The summed E-state index contributed by atoms with van der Waals surface area (Å²) < 4.78 is 27.4. The van der Waals surface area contributed by atoms with E-state index in [0.717, 1.165) is 50.5 Å². The molecule has 32 heavy (non-hydrogen) atoms. The van der Waals surface area contributed by atoms with E-state index in [1.807, 2.05) is 5.38 Å². The summed E-state index contributed by atoms with van der Waals surface area (Å²) in [7, 11) is -3.65. The van der Waals surface area contributed by atoms with Crippen molar-refractivity contribution in [1.29, 1.82) is 0 Å². The molecular formula is C22H29ClN4O3S2. The SMILES string of the molecule is CC1CCN(Cc2csc(NC(=O)c3cc(S(=O)(=O)N4CCCCC4)ccc3Cl)n2)CC1. The van der Waals surface area contributed by atoms with Crippen molar-refractivity contribution < 1.29 is 13.2 Å². The van der Waals surface area contributed by atoms with Crippen LogP contribution in [0.5, 0.6) is 0 Å². The highest BCUT2D eigenvalue weighted by Crippen LogP contribution is 2.27. The Bertz CT molecular complexity index is 1060. The summed E-state index contributed by atoms with van der Waals surface area (Å²) in [6.45, 7) is 6.19. The number of hydrogen-bond acceptors (Lipinski definition) is 6. The van der Waals surface area contributed by atoms with Crippen LogP contribution in [0, 0.1) is 5.92 Å². The number of piperidine rings is 2. The first-order chi connectivity index (χ1) is 15.3. The molecule has 1 aromatic carbocycles. The van der Waals surface area contributed by atoms with Crippen LogP contribution in [-0.2, 0) is 16.6 Å². The second kappa shape index (κ2) is 10.2. The lowest BCUT2D eigenvalue weighted by molar-refractivity contribution is 0.102. The van der Waals surface area contributed by atoms with Crippen LogP contribution in [0.3, 0.4) is 0 Å². The largest absolute Gasteiger partial charge is 0.298 e. The second-order valence-electron chi connectivity index (χ2n) is 8.66. The molecule has 0 atom stereocenters. The predicted molar refractivity (Wildman–Crippen MR) is 128 cm³/mol. The lowest BCUT2D eigenvalue weighted by atomic mass is 9.99. The Balaban J connectivity index is 1.44. The number of benzene rings is 1. The Labute approximate surface area is 198 Å². The van der Waals surface area contributed by atoms with Crippen LogP contribution < -0.4 is 5.32 Å². The maximum atomic E-state index is 13.0. The first-order valence-electron chi connectivity index (χ1n) is 11.1. The van der Waals surface area contributed by atoms with Crippen LogP contribution >= 0.6 is 22.9 Å². The van der Waals surface area contributed by atoms with Gasteiger partial charge < -0.3 is 0 Å². The van der Waals surface area contributed by atoms with Gasteiger partial charge in [0.05, 0.1) is 21.2 Å². The summed E-state index contributed by atoms with van der Waals surface area (Å²) in [6.07, 6.45) is 5.13. The Morgan fingerprint density at radius 3 is 2.62 bits per heavy atom. The van der Waals surface area contributed by atoms with Crippen molar-refractivity contribution in [1.82, 2.24) is 14.2 Å². The summed E-state index contributed by atoms with van der Waals surface area (Å²) in [5.74, 6) is 0.314. The van der Waals surface area contributed by atoms with E-state index in [1.54, 1.807) is 0 Å². The summed E-state index contributed by atoms with van der Waals surface area (Å²) in [4.78, 5) is 19.9. The van der Waals surface area contributed by atoms with Gasteiger partial charge in [-0.05, 0) is 62.9 Å². The van der Waals surface area contributed by atoms with Crippen molar-refractivity contribution in [2.24, 2.45) is 5.92 Å². The second-order valence-corrected chi connectivity index (χ2v) is 11.9. The number of aromatic nitrogens is 1. The Hall–Kier alpha value is -1.52. The summed E-state index contributed by atoms with van der Waals surface area (Å²) in [5, 5.41) is 5.42. The molecule has 2 saturated heterocycles. The highest BCUT2D eigenvalue weighted by Gasteiger charge is 2.27. The zero-order chi connectivity index (χ0) is 22.7. The number of amides is 1. The van der Waals surface area contributed by atoms with Gasteiger partial charge in [0.2, 0.25) is 10.0 Å². The smallest absolute Gasteiger partial charge is 0.259 e. The van der Waals surface area contributed by atoms with Crippen molar-refractivity contribution in [3.8, 4) is 0 Å². The van der Waals surface area contributed by atoms with Crippen molar-refractivity contribution in [2.45, 2.75) is 50.5 Å². The fraction of sp³-hybridized carbons (Fsp3) is 0.545. The molecule has 7 nitrogen and oxygen atoms in total. The molecule has 0 aliphatic carbocycles. The first-order valence-corrected chi connectivity index (χ1v) is 13.8. The fourth-order valence-electron chi connectivity index (χ4n) is 4.14. The summed E-state index contributed by atoms with van der Waals surface area (Å²) >= 11 is 7.61. The van der Waals surface area contributed by atoms with Gasteiger partial charge >= 0.3 is 0 Å². The van der Waals surface area contributed by atoms with Gasteiger partial charge in [0.1, 0.15) is 0 Å². The average molecular weight is 497 g/mol. The van der Waals surface area contributed by atoms with Gasteiger partial charge in [0.15, 0.2) is 5.13 Å².